The van der Waals surface area contributed by atoms with Crippen molar-refractivity contribution in [1.82, 2.24) is 0 Å². The SMILES string of the molecule is N#CC1(C#N)C(O)CCCC1c1cccs1. The van der Waals surface area contributed by atoms with Crippen LogP contribution in [-0.2, 0) is 0 Å². The molecule has 0 spiro atoms. The van der Waals surface area contributed by atoms with Crippen LogP contribution in [0.25, 0.3) is 0 Å². The third-order valence-electron chi connectivity index (χ3n) is 3.30. The van der Waals surface area contributed by atoms with Gasteiger partial charge in [0.1, 0.15) is 0 Å². The van der Waals surface area contributed by atoms with Gasteiger partial charge in [0.2, 0.25) is 0 Å². The van der Waals surface area contributed by atoms with Crippen molar-refractivity contribution in [3.05, 3.63) is 22.4 Å². The van der Waals surface area contributed by atoms with Crippen LogP contribution in [0.2, 0.25) is 0 Å². The molecule has 0 amide bonds. The van der Waals surface area contributed by atoms with Gasteiger partial charge in [-0.25, -0.2) is 0 Å². The minimum Gasteiger partial charge on any atom is -0.390 e. The molecule has 1 aromatic heterocycles. The molecule has 1 fully saturated rings. The van der Waals surface area contributed by atoms with E-state index in [0.29, 0.717) is 6.42 Å². The zero-order valence-electron chi connectivity index (χ0n) is 8.76. The van der Waals surface area contributed by atoms with Gasteiger partial charge in [0.25, 0.3) is 0 Å². The summed E-state index contributed by atoms with van der Waals surface area (Å²) in [5.41, 5.74) is -1.26. The average molecular weight is 232 g/mol. The van der Waals surface area contributed by atoms with E-state index in [2.05, 4.69) is 12.1 Å². The zero-order chi connectivity index (χ0) is 11.6. The number of thiophene rings is 1. The highest BCUT2D eigenvalue weighted by Gasteiger charge is 2.49. The van der Waals surface area contributed by atoms with Crippen LogP contribution in [0.15, 0.2) is 17.5 Å². The molecule has 1 saturated carbocycles. The second-order valence-corrected chi connectivity index (χ2v) is 5.09. The van der Waals surface area contributed by atoms with Crippen molar-refractivity contribution >= 4 is 11.3 Å². The molecule has 1 heterocycles. The smallest absolute Gasteiger partial charge is 0.176 e. The predicted octanol–water partition coefficient (Wildman–Crippen LogP) is 2.41. The minimum absolute atomic E-state index is 0.147. The molecule has 2 atom stereocenters. The van der Waals surface area contributed by atoms with E-state index in [9.17, 15) is 15.6 Å². The Morgan fingerprint density at radius 1 is 1.38 bits per heavy atom. The Labute approximate surface area is 98.6 Å². The highest BCUT2D eigenvalue weighted by molar-refractivity contribution is 7.10. The monoisotopic (exact) mass is 232 g/mol. The first kappa shape index (κ1) is 11.1. The molecular formula is C12H12N2OS. The Kier molecular flexibility index (Phi) is 2.96. The summed E-state index contributed by atoms with van der Waals surface area (Å²) in [5, 5.41) is 30.4. The number of hydrogen-bond acceptors (Lipinski definition) is 4. The summed E-state index contributed by atoms with van der Waals surface area (Å²) < 4.78 is 0. The molecule has 4 heteroatoms. The third kappa shape index (κ3) is 1.51. The lowest BCUT2D eigenvalue weighted by molar-refractivity contribution is 0.0451. The first-order chi connectivity index (χ1) is 7.74. The van der Waals surface area contributed by atoms with E-state index in [1.807, 2.05) is 17.5 Å². The average Bonchev–Trinajstić information content (AvgIpc) is 2.82. The van der Waals surface area contributed by atoms with Crippen LogP contribution < -0.4 is 0 Å². The molecule has 16 heavy (non-hydrogen) atoms. The lowest BCUT2D eigenvalue weighted by Gasteiger charge is -2.36. The van der Waals surface area contributed by atoms with Gasteiger partial charge < -0.3 is 5.11 Å². The van der Waals surface area contributed by atoms with Crippen molar-refractivity contribution < 1.29 is 5.11 Å². The summed E-state index contributed by atoms with van der Waals surface area (Å²) in [6, 6.07) is 7.96. The molecule has 82 valence electrons. The van der Waals surface area contributed by atoms with Crippen LogP contribution in [0.4, 0.5) is 0 Å². The van der Waals surface area contributed by atoms with E-state index >= 15 is 0 Å². The summed E-state index contributed by atoms with van der Waals surface area (Å²) in [6.07, 6.45) is 1.39. The fourth-order valence-corrected chi connectivity index (χ4v) is 3.33. The summed E-state index contributed by atoms with van der Waals surface area (Å²) in [4.78, 5) is 1.03. The number of nitriles is 2. The van der Waals surface area contributed by atoms with Crippen LogP contribution in [0, 0.1) is 28.1 Å². The maximum Gasteiger partial charge on any atom is 0.176 e. The van der Waals surface area contributed by atoms with Crippen molar-refractivity contribution in [2.75, 3.05) is 0 Å². The van der Waals surface area contributed by atoms with Crippen molar-refractivity contribution in [2.24, 2.45) is 5.41 Å². The maximum absolute atomic E-state index is 9.95. The van der Waals surface area contributed by atoms with E-state index in [-0.39, 0.29) is 5.92 Å². The summed E-state index contributed by atoms with van der Waals surface area (Å²) >= 11 is 1.55. The highest BCUT2D eigenvalue weighted by atomic mass is 32.1. The fourth-order valence-electron chi connectivity index (χ4n) is 2.39. The van der Waals surface area contributed by atoms with Gasteiger partial charge in [-0.3, -0.25) is 0 Å². The first-order valence-electron chi connectivity index (χ1n) is 5.28. The Bertz CT molecular complexity index is 427. The second-order valence-electron chi connectivity index (χ2n) is 4.11. The molecule has 0 aromatic carbocycles. The van der Waals surface area contributed by atoms with Gasteiger partial charge in [0.05, 0.1) is 18.2 Å². The molecule has 2 unspecified atom stereocenters. The summed E-state index contributed by atoms with van der Waals surface area (Å²) in [6.45, 7) is 0. The van der Waals surface area contributed by atoms with E-state index < -0.39 is 11.5 Å². The summed E-state index contributed by atoms with van der Waals surface area (Å²) in [7, 11) is 0. The molecule has 1 N–H and O–H groups in total. The van der Waals surface area contributed by atoms with Crippen LogP contribution >= 0.6 is 11.3 Å². The lowest BCUT2D eigenvalue weighted by Crippen LogP contribution is -2.41. The molecule has 0 bridgehead atoms. The molecule has 1 aromatic rings. The summed E-state index contributed by atoms with van der Waals surface area (Å²) in [5.74, 6) is -0.147. The number of nitrogens with zero attached hydrogens (tertiary/aromatic N) is 2. The van der Waals surface area contributed by atoms with Crippen molar-refractivity contribution in [1.29, 1.82) is 10.5 Å². The molecule has 0 saturated heterocycles. The highest BCUT2D eigenvalue weighted by Crippen LogP contribution is 2.47. The number of hydrogen-bond donors (Lipinski definition) is 1. The van der Waals surface area contributed by atoms with Gasteiger partial charge in [0, 0.05) is 10.8 Å². The van der Waals surface area contributed by atoms with E-state index in [1.165, 1.54) is 0 Å². The van der Waals surface area contributed by atoms with Gasteiger partial charge in [-0.1, -0.05) is 12.5 Å². The van der Waals surface area contributed by atoms with Crippen molar-refractivity contribution in [2.45, 2.75) is 31.3 Å². The zero-order valence-corrected chi connectivity index (χ0v) is 9.57. The maximum atomic E-state index is 9.95. The fraction of sp³-hybridized carbons (Fsp3) is 0.500. The van der Waals surface area contributed by atoms with Crippen LogP contribution in [0.3, 0.4) is 0 Å². The third-order valence-corrected chi connectivity index (χ3v) is 4.29. The van der Waals surface area contributed by atoms with Crippen molar-refractivity contribution in [3.8, 4) is 12.1 Å². The predicted molar refractivity (Wildman–Crippen MR) is 60.6 cm³/mol. The van der Waals surface area contributed by atoms with Gasteiger partial charge in [-0.15, -0.1) is 11.3 Å². The molecule has 3 nitrogen and oxygen atoms in total. The molecule has 0 radical (unpaired) electrons. The largest absolute Gasteiger partial charge is 0.390 e. The normalized spacial score (nSPS) is 27.9. The topological polar surface area (TPSA) is 67.8 Å². The van der Waals surface area contributed by atoms with Crippen LogP contribution in [0.1, 0.15) is 30.1 Å². The Morgan fingerprint density at radius 3 is 2.69 bits per heavy atom. The number of aliphatic hydroxyl groups is 1. The Morgan fingerprint density at radius 2 is 2.12 bits per heavy atom. The van der Waals surface area contributed by atoms with E-state index in [0.717, 1.165) is 17.7 Å². The Balaban J connectivity index is 2.44. The second kappa shape index (κ2) is 4.25. The molecular weight excluding hydrogens is 220 g/mol. The van der Waals surface area contributed by atoms with Gasteiger partial charge >= 0.3 is 0 Å². The molecule has 1 aliphatic carbocycles. The first-order valence-corrected chi connectivity index (χ1v) is 6.16. The Hall–Kier alpha value is -1.36. The molecule has 0 aliphatic heterocycles. The quantitative estimate of drug-likeness (QED) is 0.808. The van der Waals surface area contributed by atoms with Crippen LogP contribution in [0.5, 0.6) is 0 Å². The van der Waals surface area contributed by atoms with Gasteiger partial charge in [-0.2, -0.15) is 10.5 Å². The van der Waals surface area contributed by atoms with E-state index in [1.54, 1.807) is 11.3 Å². The van der Waals surface area contributed by atoms with Crippen molar-refractivity contribution in [3.63, 3.8) is 0 Å². The molecule has 2 rings (SSSR count). The standard InChI is InChI=1S/C12H12N2OS/c13-7-12(8-14)9(3-1-5-11(12)15)10-4-2-6-16-10/h2,4,6,9,11,15H,1,3,5H2. The number of aliphatic hydroxyl groups excluding tert-OH is 1. The van der Waals surface area contributed by atoms with E-state index in [4.69, 9.17) is 0 Å². The van der Waals surface area contributed by atoms with Gasteiger partial charge in [0.15, 0.2) is 5.41 Å². The van der Waals surface area contributed by atoms with Gasteiger partial charge in [-0.05, 0) is 24.3 Å². The molecule has 1 aliphatic rings. The lowest BCUT2D eigenvalue weighted by atomic mass is 9.65. The van der Waals surface area contributed by atoms with Crippen LogP contribution in [-0.4, -0.2) is 11.2 Å². The number of rotatable bonds is 1. The minimum atomic E-state index is -1.26.